The summed E-state index contributed by atoms with van der Waals surface area (Å²) in [4.78, 5) is 10.5. The van der Waals surface area contributed by atoms with Crippen molar-refractivity contribution in [1.82, 2.24) is 4.72 Å². The van der Waals surface area contributed by atoms with Crippen molar-refractivity contribution in [1.29, 1.82) is 0 Å². The maximum atomic E-state index is 11.9. The summed E-state index contributed by atoms with van der Waals surface area (Å²) in [5.74, 6) is 0.0126. The van der Waals surface area contributed by atoms with Gasteiger partial charge in [-0.05, 0) is 31.2 Å². The Labute approximate surface area is 110 Å². The molecule has 7 heteroatoms. The van der Waals surface area contributed by atoms with Crippen LogP contribution < -0.4 is 4.72 Å². The molecule has 0 atom stereocenters. The molecule has 1 aromatic rings. The summed E-state index contributed by atoms with van der Waals surface area (Å²) < 4.78 is 31.4. The number of sulfonamides is 1. The second-order valence-corrected chi connectivity index (χ2v) is 7.31. The van der Waals surface area contributed by atoms with E-state index in [0.29, 0.717) is 12.8 Å². The molecule has 5 nitrogen and oxygen atoms in total. The van der Waals surface area contributed by atoms with Crippen LogP contribution in [0.2, 0.25) is 0 Å². The molecule has 0 amide bonds. The van der Waals surface area contributed by atoms with Crippen LogP contribution >= 0.6 is 11.8 Å². The highest BCUT2D eigenvalue weighted by Crippen LogP contribution is 2.42. The first kappa shape index (κ1) is 13.6. The molecular weight excluding hydrogens is 274 g/mol. The highest BCUT2D eigenvalue weighted by atomic mass is 32.2. The van der Waals surface area contributed by atoms with Crippen LogP contribution in [-0.4, -0.2) is 32.3 Å². The van der Waals surface area contributed by atoms with Gasteiger partial charge in [-0.2, -0.15) is 11.8 Å². The maximum absolute atomic E-state index is 11.9. The summed E-state index contributed by atoms with van der Waals surface area (Å²) in [6.45, 7) is 0.396. The van der Waals surface area contributed by atoms with E-state index in [1.807, 2.05) is 6.26 Å². The van der Waals surface area contributed by atoms with E-state index in [4.69, 9.17) is 4.42 Å². The van der Waals surface area contributed by atoms with E-state index in [-0.39, 0.29) is 15.6 Å². The third-order valence-corrected chi connectivity index (χ3v) is 5.96. The molecule has 0 aliphatic heterocycles. The van der Waals surface area contributed by atoms with Crippen molar-refractivity contribution in [3.8, 4) is 0 Å². The van der Waals surface area contributed by atoms with Crippen molar-refractivity contribution < 1.29 is 17.6 Å². The number of aldehydes is 1. The molecule has 1 aromatic heterocycles. The van der Waals surface area contributed by atoms with Crippen LogP contribution in [0, 0.1) is 0 Å². The number of carbonyl (C=O) groups excluding carboxylic acids is 1. The summed E-state index contributed by atoms with van der Waals surface area (Å²) in [5.41, 5.74) is 0. The molecule has 0 bridgehead atoms. The molecule has 1 saturated carbocycles. The van der Waals surface area contributed by atoms with Gasteiger partial charge < -0.3 is 4.42 Å². The number of furan rings is 1. The Bertz CT molecular complexity index is 525. The van der Waals surface area contributed by atoms with Crippen molar-refractivity contribution in [2.75, 3.05) is 12.8 Å². The van der Waals surface area contributed by atoms with Crippen LogP contribution in [0.4, 0.5) is 0 Å². The van der Waals surface area contributed by atoms with Crippen molar-refractivity contribution in [3.63, 3.8) is 0 Å². The third-order valence-electron chi connectivity index (χ3n) is 3.27. The summed E-state index contributed by atoms with van der Waals surface area (Å²) in [6.07, 6.45) is 5.65. The van der Waals surface area contributed by atoms with Crippen LogP contribution in [-0.2, 0) is 10.0 Å². The molecule has 1 N–H and O–H groups in total. The standard InChI is InChI=1S/C11H15NO4S2/c1-17-11(5-2-6-11)8-12-18(14,15)10-4-3-9(7-13)16-10/h3-4,7,12H,2,5-6,8H2,1H3. The minimum absolute atomic E-state index is 0.0126. The number of rotatable bonds is 6. The van der Waals surface area contributed by atoms with Gasteiger partial charge in [0.25, 0.3) is 10.0 Å². The van der Waals surface area contributed by atoms with Gasteiger partial charge in [-0.15, -0.1) is 0 Å². The molecule has 1 heterocycles. The van der Waals surface area contributed by atoms with E-state index in [0.717, 1.165) is 19.3 Å². The molecule has 1 aliphatic carbocycles. The average molecular weight is 289 g/mol. The fourth-order valence-electron chi connectivity index (χ4n) is 1.86. The van der Waals surface area contributed by atoms with Gasteiger partial charge in [0.2, 0.25) is 5.09 Å². The SMILES string of the molecule is CSC1(CNS(=O)(=O)c2ccc(C=O)o2)CCC1. The third kappa shape index (κ3) is 2.62. The Morgan fingerprint density at radius 1 is 1.50 bits per heavy atom. The minimum Gasteiger partial charge on any atom is -0.440 e. The molecule has 2 rings (SSSR count). The molecule has 1 aliphatic rings. The molecule has 0 radical (unpaired) electrons. The van der Waals surface area contributed by atoms with Crippen LogP contribution in [0.1, 0.15) is 29.8 Å². The van der Waals surface area contributed by atoms with Gasteiger partial charge in [0.15, 0.2) is 12.0 Å². The van der Waals surface area contributed by atoms with Crippen molar-refractivity contribution in [3.05, 3.63) is 17.9 Å². The lowest BCUT2D eigenvalue weighted by Crippen LogP contribution is -2.45. The van der Waals surface area contributed by atoms with Crippen molar-refractivity contribution in [2.24, 2.45) is 0 Å². The fourth-order valence-corrected chi connectivity index (χ4v) is 3.93. The monoisotopic (exact) mass is 289 g/mol. The van der Waals surface area contributed by atoms with E-state index >= 15 is 0 Å². The summed E-state index contributed by atoms with van der Waals surface area (Å²) >= 11 is 1.69. The van der Waals surface area contributed by atoms with Crippen LogP contribution in [0.25, 0.3) is 0 Å². The smallest absolute Gasteiger partial charge is 0.274 e. The average Bonchev–Trinajstić information content (AvgIpc) is 2.77. The lowest BCUT2D eigenvalue weighted by Gasteiger charge is -2.40. The van der Waals surface area contributed by atoms with Gasteiger partial charge in [0.1, 0.15) is 0 Å². The van der Waals surface area contributed by atoms with Gasteiger partial charge in [0, 0.05) is 11.3 Å². The Kier molecular flexibility index (Phi) is 3.84. The Hall–Kier alpha value is -0.790. The van der Waals surface area contributed by atoms with E-state index in [2.05, 4.69) is 4.72 Å². The Balaban J connectivity index is 2.05. The molecule has 1 fully saturated rings. The first-order valence-corrected chi connectivity index (χ1v) is 8.32. The minimum atomic E-state index is -3.66. The molecule has 0 unspecified atom stereocenters. The fraction of sp³-hybridized carbons (Fsp3) is 0.545. The van der Waals surface area contributed by atoms with E-state index in [9.17, 15) is 13.2 Å². The lowest BCUT2D eigenvalue weighted by molar-refractivity contribution is 0.109. The first-order valence-electron chi connectivity index (χ1n) is 5.61. The lowest BCUT2D eigenvalue weighted by atomic mass is 9.84. The van der Waals surface area contributed by atoms with E-state index in [1.165, 1.54) is 12.1 Å². The predicted molar refractivity (Wildman–Crippen MR) is 69.4 cm³/mol. The quantitative estimate of drug-likeness (QED) is 0.806. The summed E-state index contributed by atoms with van der Waals surface area (Å²) in [6, 6.07) is 2.63. The number of carbonyl (C=O) groups is 1. The molecule has 0 spiro atoms. The highest BCUT2D eigenvalue weighted by Gasteiger charge is 2.37. The van der Waals surface area contributed by atoms with Crippen molar-refractivity contribution >= 4 is 28.1 Å². The molecule has 0 aromatic carbocycles. The zero-order valence-corrected chi connectivity index (χ0v) is 11.6. The van der Waals surface area contributed by atoms with Gasteiger partial charge >= 0.3 is 0 Å². The molecule has 100 valence electrons. The number of thioether (sulfide) groups is 1. The van der Waals surface area contributed by atoms with Crippen LogP contribution in [0.3, 0.4) is 0 Å². The predicted octanol–water partition coefficient (Wildman–Crippen LogP) is 1.66. The zero-order valence-electron chi connectivity index (χ0n) is 10.0. The molecule has 18 heavy (non-hydrogen) atoms. The number of nitrogens with one attached hydrogen (secondary N) is 1. The maximum Gasteiger partial charge on any atom is 0.274 e. The van der Waals surface area contributed by atoms with Crippen LogP contribution in [0.5, 0.6) is 0 Å². The van der Waals surface area contributed by atoms with Gasteiger partial charge in [-0.25, -0.2) is 13.1 Å². The first-order chi connectivity index (χ1) is 8.51. The summed E-state index contributed by atoms with van der Waals surface area (Å²) in [7, 11) is -3.66. The largest absolute Gasteiger partial charge is 0.440 e. The van der Waals surface area contributed by atoms with E-state index in [1.54, 1.807) is 11.8 Å². The molecule has 0 saturated heterocycles. The van der Waals surface area contributed by atoms with Gasteiger partial charge in [-0.3, -0.25) is 4.79 Å². The zero-order chi connectivity index (χ0) is 13.2. The molecular formula is C11H15NO4S2. The Morgan fingerprint density at radius 2 is 2.22 bits per heavy atom. The highest BCUT2D eigenvalue weighted by molar-refractivity contribution is 8.00. The summed E-state index contributed by atoms with van der Waals surface area (Å²) in [5, 5.41) is -0.208. The number of hydrogen-bond donors (Lipinski definition) is 1. The number of hydrogen-bond acceptors (Lipinski definition) is 5. The topological polar surface area (TPSA) is 76.4 Å². The van der Waals surface area contributed by atoms with Crippen LogP contribution in [0.15, 0.2) is 21.6 Å². The normalized spacial score (nSPS) is 18.3. The van der Waals surface area contributed by atoms with Gasteiger partial charge in [0.05, 0.1) is 0 Å². The van der Waals surface area contributed by atoms with Gasteiger partial charge in [-0.1, -0.05) is 6.42 Å². The Morgan fingerprint density at radius 3 is 2.67 bits per heavy atom. The second-order valence-electron chi connectivity index (χ2n) is 4.34. The van der Waals surface area contributed by atoms with Crippen molar-refractivity contribution in [2.45, 2.75) is 29.1 Å². The second kappa shape index (κ2) is 5.07. The van der Waals surface area contributed by atoms with E-state index < -0.39 is 10.0 Å².